The average molecular weight is 613 g/mol. The number of ketones is 1. The Labute approximate surface area is 268 Å². The lowest BCUT2D eigenvalue weighted by molar-refractivity contribution is -0.117. The van der Waals surface area contributed by atoms with Crippen molar-refractivity contribution in [3.63, 3.8) is 0 Å². The number of esters is 1. The third kappa shape index (κ3) is 5.99. The molecule has 0 radical (unpaired) electrons. The van der Waals surface area contributed by atoms with Gasteiger partial charge in [-0.1, -0.05) is 108 Å². The van der Waals surface area contributed by atoms with E-state index in [1.807, 2.05) is 42.5 Å². The van der Waals surface area contributed by atoms with E-state index in [2.05, 4.69) is 88.0 Å². The van der Waals surface area contributed by atoms with Crippen LogP contribution in [0.1, 0.15) is 51.8 Å². The number of hydrogen-bond acceptors (Lipinski definition) is 7. The van der Waals surface area contributed by atoms with Gasteiger partial charge in [0.2, 0.25) is 0 Å². The van der Waals surface area contributed by atoms with Crippen molar-refractivity contribution in [3.8, 4) is 5.75 Å². The van der Waals surface area contributed by atoms with Gasteiger partial charge in [-0.25, -0.2) is 9.48 Å². The number of piperidine rings is 1. The van der Waals surface area contributed by atoms with E-state index < -0.39 is 11.5 Å². The number of hydrogen-bond donors (Lipinski definition) is 0. The van der Waals surface area contributed by atoms with Gasteiger partial charge in [0.1, 0.15) is 11.4 Å². The molecule has 46 heavy (non-hydrogen) atoms. The van der Waals surface area contributed by atoms with Crippen molar-refractivity contribution in [2.75, 3.05) is 26.8 Å². The number of aromatic nitrogens is 3. The lowest BCUT2D eigenvalue weighted by atomic mass is 9.74. The van der Waals surface area contributed by atoms with Crippen molar-refractivity contribution in [2.24, 2.45) is 0 Å². The fourth-order valence-corrected chi connectivity index (χ4v) is 6.28. The third-order valence-corrected chi connectivity index (χ3v) is 8.41. The fourth-order valence-electron chi connectivity index (χ4n) is 6.28. The quantitative estimate of drug-likeness (QED) is 0.106. The van der Waals surface area contributed by atoms with Crippen LogP contribution < -0.4 is 4.74 Å². The molecule has 1 aliphatic heterocycles. The molecule has 8 heteroatoms. The van der Waals surface area contributed by atoms with Gasteiger partial charge >= 0.3 is 5.97 Å². The summed E-state index contributed by atoms with van der Waals surface area (Å²) < 4.78 is 12.2. The van der Waals surface area contributed by atoms with E-state index in [9.17, 15) is 9.59 Å². The summed E-state index contributed by atoms with van der Waals surface area (Å²) in [4.78, 5) is 29.2. The van der Waals surface area contributed by atoms with E-state index in [1.165, 1.54) is 4.68 Å². The summed E-state index contributed by atoms with van der Waals surface area (Å²) in [6.45, 7) is 3.14. The first-order valence-electron chi connectivity index (χ1n) is 15.4. The predicted octanol–water partition coefficient (Wildman–Crippen LogP) is 6.16. The second-order valence-corrected chi connectivity index (χ2v) is 11.1. The van der Waals surface area contributed by atoms with Gasteiger partial charge in [0.05, 0.1) is 25.8 Å². The van der Waals surface area contributed by atoms with Crippen LogP contribution in [0.4, 0.5) is 0 Å². The van der Waals surface area contributed by atoms with Crippen molar-refractivity contribution >= 4 is 17.8 Å². The molecule has 1 saturated heterocycles. The van der Waals surface area contributed by atoms with E-state index in [4.69, 9.17) is 9.47 Å². The summed E-state index contributed by atoms with van der Waals surface area (Å²) in [6.07, 6.45) is 2.03. The maximum atomic E-state index is 13.6. The molecule has 1 aliphatic rings. The summed E-state index contributed by atoms with van der Waals surface area (Å²) in [5, 5.41) is 8.70. The largest absolute Gasteiger partial charge is 0.497 e. The van der Waals surface area contributed by atoms with E-state index in [0.29, 0.717) is 37.3 Å². The van der Waals surface area contributed by atoms with Crippen LogP contribution in [-0.4, -0.2) is 58.5 Å². The van der Waals surface area contributed by atoms with E-state index >= 15 is 0 Å². The minimum absolute atomic E-state index is 0.0128. The Hall–Kier alpha value is -5.34. The maximum absolute atomic E-state index is 13.6. The van der Waals surface area contributed by atoms with E-state index in [-0.39, 0.29) is 18.1 Å². The van der Waals surface area contributed by atoms with Crippen LogP contribution in [0.25, 0.3) is 6.08 Å². The molecule has 5 aromatic rings. The Kier molecular flexibility index (Phi) is 9.17. The topological polar surface area (TPSA) is 86.5 Å². The van der Waals surface area contributed by atoms with Gasteiger partial charge in [-0.15, -0.1) is 5.10 Å². The molecular formula is C38H36N4O4. The van der Waals surface area contributed by atoms with Gasteiger partial charge in [-0.05, 0) is 47.4 Å². The Morgan fingerprint density at radius 2 is 1.41 bits per heavy atom. The molecule has 8 nitrogen and oxygen atoms in total. The third-order valence-electron chi connectivity index (χ3n) is 8.41. The molecule has 1 aromatic heterocycles. The van der Waals surface area contributed by atoms with Crippen LogP contribution in [0.5, 0.6) is 5.75 Å². The molecule has 0 spiro atoms. The summed E-state index contributed by atoms with van der Waals surface area (Å²) >= 11 is 0. The first-order valence-corrected chi connectivity index (χ1v) is 15.4. The number of ether oxygens (including phenoxy) is 2. The first kappa shape index (κ1) is 30.7. The number of carbonyl (C=O) groups is 2. The highest BCUT2D eigenvalue weighted by Gasteiger charge is 2.44. The molecule has 0 amide bonds. The first-order chi connectivity index (χ1) is 22.5. The number of benzene rings is 4. The molecule has 0 N–H and O–H groups in total. The second-order valence-electron chi connectivity index (χ2n) is 11.1. The molecule has 232 valence electrons. The number of nitrogens with zero attached hydrogens (tertiary/aromatic N) is 4. The van der Waals surface area contributed by atoms with Crippen LogP contribution >= 0.6 is 0 Å². The summed E-state index contributed by atoms with van der Waals surface area (Å²) in [7, 11) is 1.61. The highest BCUT2D eigenvalue weighted by Crippen LogP contribution is 2.44. The SMILES string of the molecule is CCOC(=O)c1c(/C=C2\CN(C(c3ccccc3)(c3ccccc3)c3ccccc3)CCC2=O)nnn1Cc1ccc(OC)cc1. The molecule has 4 aromatic carbocycles. The van der Waals surface area contributed by atoms with Gasteiger partial charge in [0.15, 0.2) is 11.5 Å². The van der Waals surface area contributed by atoms with Gasteiger partial charge in [0, 0.05) is 25.1 Å². The van der Waals surface area contributed by atoms with Crippen LogP contribution in [0.3, 0.4) is 0 Å². The fraction of sp³-hybridized carbons (Fsp3) is 0.211. The van der Waals surface area contributed by atoms with E-state index in [1.54, 1.807) is 20.1 Å². The lowest BCUT2D eigenvalue weighted by Gasteiger charge is -2.47. The monoisotopic (exact) mass is 612 g/mol. The number of rotatable bonds is 10. The Bertz CT molecular complexity index is 1720. The Balaban J connectivity index is 1.44. The standard InChI is InChI=1S/C38H36N4O4/c1-3-46-37(44)36-34(39-40-42(36)26-28-19-21-33(45-2)22-20-28)25-29-27-41(24-23-35(29)43)38(30-13-7-4-8-14-30,31-15-9-5-10-16-31)32-17-11-6-12-18-32/h4-22,25H,3,23-24,26-27H2,1-2H3/b29-25+. The van der Waals surface area contributed by atoms with Gasteiger partial charge in [-0.3, -0.25) is 9.69 Å². The highest BCUT2D eigenvalue weighted by molar-refractivity contribution is 6.02. The Morgan fingerprint density at radius 3 is 1.93 bits per heavy atom. The molecule has 0 aliphatic carbocycles. The van der Waals surface area contributed by atoms with Gasteiger partial charge in [0.25, 0.3) is 0 Å². The molecule has 0 bridgehead atoms. The zero-order valence-corrected chi connectivity index (χ0v) is 26.0. The summed E-state index contributed by atoms with van der Waals surface area (Å²) in [5.41, 5.74) is 4.59. The lowest BCUT2D eigenvalue weighted by Crippen LogP contribution is -2.52. The minimum Gasteiger partial charge on any atom is -0.497 e. The molecule has 6 rings (SSSR count). The molecular weight excluding hydrogens is 576 g/mol. The molecule has 0 unspecified atom stereocenters. The normalized spacial score (nSPS) is 14.7. The van der Waals surface area contributed by atoms with Crippen molar-refractivity contribution in [1.29, 1.82) is 0 Å². The predicted molar refractivity (Wildman–Crippen MR) is 176 cm³/mol. The number of likely N-dealkylation sites (tertiary alicyclic amines) is 1. The summed E-state index contributed by atoms with van der Waals surface area (Å²) in [5.74, 6) is 0.204. The van der Waals surface area contributed by atoms with Gasteiger partial charge < -0.3 is 9.47 Å². The molecule has 1 fully saturated rings. The average Bonchev–Trinajstić information content (AvgIpc) is 3.50. The molecule has 0 atom stereocenters. The zero-order valence-electron chi connectivity index (χ0n) is 26.0. The highest BCUT2D eigenvalue weighted by atomic mass is 16.5. The Morgan fingerprint density at radius 1 is 0.848 bits per heavy atom. The van der Waals surface area contributed by atoms with Crippen LogP contribution in [0, 0.1) is 0 Å². The van der Waals surface area contributed by atoms with E-state index in [0.717, 1.165) is 28.0 Å². The van der Waals surface area contributed by atoms with Crippen molar-refractivity contribution in [2.45, 2.75) is 25.4 Å². The van der Waals surface area contributed by atoms with Crippen LogP contribution in [-0.2, 0) is 21.6 Å². The van der Waals surface area contributed by atoms with Crippen molar-refractivity contribution < 1.29 is 19.1 Å². The van der Waals surface area contributed by atoms with Crippen LogP contribution in [0.2, 0.25) is 0 Å². The maximum Gasteiger partial charge on any atom is 0.358 e. The van der Waals surface area contributed by atoms with Crippen LogP contribution in [0.15, 0.2) is 121 Å². The summed E-state index contributed by atoms with van der Waals surface area (Å²) in [6, 6.07) is 38.7. The zero-order chi connectivity index (χ0) is 31.9. The number of Topliss-reactive ketones (excluding diaryl/α,β-unsaturated/α-hetero) is 1. The van der Waals surface area contributed by atoms with Gasteiger partial charge in [-0.2, -0.15) is 0 Å². The second kappa shape index (κ2) is 13.7. The number of methoxy groups -OCH3 is 1. The molecule has 0 saturated carbocycles. The van der Waals surface area contributed by atoms with Crippen molar-refractivity contribution in [1.82, 2.24) is 19.9 Å². The smallest absolute Gasteiger partial charge is 0.358 e. The van der Waals surface area contributed by atoms with Crippen molar-refractivity contribution in [3.05, 3.63) is 154 Å². The minimum atomic E-state index is -0.681. The number of carbonyl (C=O) groups excluding carboxylic acids is 2. The molecule has 2 heterocycles.